The number of hydrogen-bond donors (Lipinski definition) is 0. The largest absolute Gasteiger partial charge is 0.300 e. The molecular weight excluding hydrogens is 177 g/mol. The van der Waals surface area contributed by atoms with E-state index in [4.69, 9.17) is 0 Å². The van der Waals surface area contributed by atoms with E-state index in [1.54, 1.807) is 0 Å². The van der Waals surface area contributed by atoms with Crippen molar-refractivity contribution in [2.45, 2.75) is 38.4 Å². The van der Waals surface area contributed by atoms with Gasteiger partial charge in [-0.25, -0.2) is 4.39 Å². The lowest BCUT2D eigenvalue weighted by Gasteiger charge is -2.26. The van der Waals surface area contributed by atoms with Crippen molar-refractivity contribution in [3.8, 4) is 0 Å². The molecule has 1 saturated heterocycles. The van der Waals surface area contributed by atoms with Crippen LogP contribution in [-0.2, 0) is 0 Å². The molecule has 0 radical (unpaired) electrons. The fourth-order valence-electron chi connectivity index (χ4n) is 2.40. The number of halogens is 1. The molecule has 0 aromatic rings. The van der Waals surface area contributed by atoms with Gasteiger partial charge in [0.25, 0.3) is 0 Å². The molecular formula is C12H18FN. The highest BCUT2D eigenvalue weighted by Crippen LogP contribution is 2.30. The zero-order valence-corrected chi connectivity index (χ0v) is 8.96. The maximum Gasteiger partial charge on any atom is 0.125 e. The summed E-state index contributed by atoms with van der Waals surface area (Å²) in [5.41, 5.74) is 2.15. The number of rotatable bonds is 1. The van der Waals surface area contributed by atoms with Crippen LogP contribution in [0.15, 0.2) is 23.3 Å². The molecule has 0 N–H and O–H groups in total. The average molecular weight is 195 g/mol. The SMILES string of the molecule is CC1=CC=C(C2CCCN2C)CC1F. The van der Waals surface area contributed by atoms with Gasteiger partial charge in [0.1, 0.15) is 6.17 Å². The van der Waals surface area contributed by atoms with Crippen molar-refractivity contribution < 1.29 is 4.39 Å². The number of alkyl halides is 1. The Bertz CT molecular complexity index is 280. The third-order valence-corrected chi connectivity index (χ3v) is 3.42. The van der Waals surface area contributed by atoms with Gasteiger partial charge in [-0.1, -0.05) is 12.2 Å². The Kier molecular flexibility index (Phi) is 2.73. The molecule has 2 atom stereocenters. The van der Waals surface area contributed by atoms with E-state index in [2.05, 4.69) is 18.0 Å². The first-order valence-electron chi connectivity index (χ1n) is 5.40. The summed E-state index contributed by atoms with van der Waals surface area (Å²) >= 11 is 0. The third-order valence-electron chi connectivity index (χ3n) is 3.42. The predicted molar refractivity (Wildman–Crippen MR) is 57.0 cm³/mol. The first-order valence-corrected chi connectivity index (χ1v) is 5.40. The molecule has 0 aromatic carbocycles. The lowest BCUT2D eigenvalue weighted by atomic mass is 9.92. The Labute approximate surface area is 85.3 Å². The van der Waals surface area contributed by atoms with Crippen LogP contribution in [0.3, 0.4) is 0 Å². The number of likely N-dealkylation sites (N-methyl/N-ethyl adjacent to an activating group) is 1. The highest BCUT2D eigenvalue weighted by molar-refractivity contribution is 5.30. The highest BCUT2D eigenvalue weighted by atomic mass is 19.1. The monoisotopic (exact) mass is 195 g/mol. The van der Waals surface area contributed by atoms with Gasteiger partial charge >= 0.3 is 0 Å². The molecule has 78 valence electrons. The van der Waals surface area contributed by atoms with Crippen LogP contribution in [0.25, 0.3) is 0 Å². The molecule has 2 rings (SSSR count). The fourth-order valence-corrected chi connectivity index (χ4v) is 2.40. The topological polar surface area (TPSA) is 3.24 Å². The predicted octanol–water partition coefficient (Wildman–Crippen LogP) is 2.70. The average Bonchev–Trinajstić information content (AvgIpc) is 2.57. The van der Waals surface area contributed by atoms with Crippen molar-refractivity contribution >= 4 is 0 Å². The van der Waals surface area contributed by atoms with E-state index < -0.39 is 6.17 Å². The van der Waals surface area contributed by atoms with Crippen LogP contribution in [-0.4, -0.2) is 30.7 Å². The molecule has 0 aromatic heterocycles. The van der Waals surface area contributed by atoms with Crippen molar-refractivity contribution in [3.63, 3.8) is 0 Å². The second kappa shape index (κ2) is 3.85. The molecule has 0 bridgehead atoms. The van der Waals surface area contributed by atoms with Gasteiger partial charge < -0.3 is 0 Å². The smallest absolute Gasteiger partial charge is 0.125 e. The van der Waals surface area contributed by atoms with Crippen molar-refractivity contribution in [2.24, 2.45) is 0 Å². The maximum absolute atomic E-state index is 13.5. The molecule has 1 aliphatic heterocycles. The molecule has 14 heavy (non-hydrogen) atoms. The van der Waals surface area contributed by atoms with E-state index in [1.807, 2.05) is 13.0 Å². The van der Waals surface area contributed by atoms with E-state index in [0.717, 1.165) is 12.1 Å². The quantitative estimate of drug-likeness (QED) is 0.622. The maximum atomic E-state index is 13.5. The lowest BCUT2D eigenvalue weighted by Crippen LogP contribution is -2.29. The second-order valence-electron chi connectivity index (χ2n) is 4.46. The van der Waals surface area contributed by atoms with Crippen molar-refractivity contribution in [3.05, 3.63) is 23.3 Å². The van der Waals surface area contributed by atoms with E-state index in [9.17, 15) is 4.39 Å². The van der Waals surface area contributed by atoms with E-state index in [-0.39, 0.29) is 0 Å². The molecule has 1 nitrogen and oxygen atoms in total. The summed E-state index contributed by atoms with van der Waals surface area (Å²) < 4.78 is 13.5. The zero-order valence-electron chi connectivity index (χ0n) is 8.96. The van der Waals surface area contributed by atoms with Gasteiger partial charge in [0.05, 0.1) is 0 Å². The minimum absolute atomic E-state index is 0.498. The number of likely N-dealkylation sites (tertiary alicyclic amines) is 1. The van der Waals surface area contributed by atoms with Crippen LogP contribution in [0, 0.1) is 0 Å². The summed E-state index contributed by atoms with van der Waals surface area (Å²) in [5, 5.41) is 0. The van der Waals surface area contributed by atoms with E-state index >= 15 is 0 Å². The van der Waals surface area contributed by atoms with Crippen molar-refractivity contribution in [1.82, 2.24) is 4.90 Å². The molecule has 2 unspecified atom stereocenters. The second-order valence-corrected chi connectivity index (χ2v) is 4.46. The minimum Gasteiger partial charge on any atom is -0.300 e. The van der Waals surface area contributed by atoms with E-state index in [0.29, 0.717) is 12.5 Å². The van der Waals surface area contributed by atoms with Crippen LogP contribution in [0.1, 0.15) is 26.2 Å². The van der Waals surface area contributed by atoms with Gasteiger partial charge in [-0.15, -0.1) is 0 Å². The molecule has 0 saturated carbocycles. The van der Waals surface area contributed by atoms with Crippen LogP contribution < -0.4 is 0 Å². The van der Waals surface area contributed by atoms with Gasteiger partial charge in [0.2, 0.25) is 0 Å². The molecule has 1 fully saturated rings. The number of nitrogens with zero attached hydrogens (tertiary/aromatic N) is 1. The van der Waals surface area contributed by atoms with Crippen LogP contribution in [0.2, 0.25) is 0 Å². The van der Waals surface area contributed by atoms with Gasteiger partial charge in [0, 0.05) is 12.5 Å². The molecule has 2 aliphatic rings. The summed E-state index contributed by atoms with van der Waals surface area (Å²) in [6.45, 7) is 3.03. The van der Waals surface area contributed by atoms with Crippen LogP contribution >= 0.6 is 0 Å². The minimum atomic E-state index is -0.746. The molecule has 1 heterocycles. The summed E-state index contributed by atoms with van der Waals surface area (Å²) in [5.74, 6) is 0. The zero-order chi connectivity index (χ0) is 10.1. The lowest BCUT2D eigenvalue weighted by molar-refractivity contribution is 0.312. The summed E-state index contributed by atoms with van der Waals surface area (Å²) in [4.78, 5) is 2.34. The highest BCUT2D eigenvalue weighted by Gasteiger charge is 2.27. The van der Waals surface area contributed by atoms with Gasteiger partial charge in [0.15, 0.2) is 0 Å². The molecule has 0 spiro atoms. The van der Waals surface area contributed by atoms with Gasteiger partial charge in [-0.2, -0.15) is 0 Å². The summed E-state index contributed by atoms with van der Waals surface area (Å²) in [6, 6.07) is 0.498. The molecule has 0 amide bonds. The molecule has 2 heteroatoms. The van der Waals surface area contributed by atoms with Crippen LogP contribution in [0.4, 0.5) is 4.39 Å². The van der Waals surface area contributed by atoms with Gasteiger partial charge in [-0.05, 0) is 44.5 Å². The summed E-state index contributed by atoms with van der Waals surface area (Å²) in [7, 11) is 2.14. The summed E-state index contributed by atoms with van der Waals surface area (Å²) in [6.07, 6.45) is 6.37. The number of allylic oxidation sites excluding steroid dienone is 3. The Morgan fingerprint density at radius 2 is 2.21 bits per heavy atom. The Balaban J connectivity index is 2.12. The van der Waals surface area contributed by atoms with Crippen molar-refractivity contribution in [2.75, 3.05) is 13.6 Å². The van der Waals surface area contributed by atoms with Gasteiger partial charge in [-0.3, -0.25) is 4.90 Å². The van der Waals surface area contributed by atoms with Crippen LogP contribution in [0.5, 0.6) is 0 Å². The Hall–Kier alpha value is -0.630. The van der Waals surface area contributed by atoms with E-state index in [1.165, 1.54) is 18.4 Å². The first kappa shape index (κ1) is 9.91. The Morgan fingerprint density at radius 1 is 1.43 bits per heavy atom. The van der Waals surface area contributed by atoms with Crippen molar-refractivity contribution in [1.29, 1.82) is 0 Å². The Morgan fingerprint density at radius 3 is 2.79 bits per heavy atom. The number of hydrogen-bond acceptors (Lipinski definition) is 1. The fraction of sp³-hybridized carbons (Fsp3) is 0.667. The first-order chi connectivity index (χ1) is 6.68. The standard InChI is InChI=1S/C12H18FN/c1-9-5-6-10(8-11(9)13)12-4-3-7-14(12)2/h5-6,11-12H,3-4,7-8H2,1-2H3. The normalized spacial score (nSPS) is 34.2. The molecule has 1 aliphatic carbocycles. The third kappa shape index (κ3) is 1.76.